The number of carbonyl (C=O) groups is 1. The van der Waals surface area contributed by atoms with Gasteiger partial charge in [0, 0.05) is 0 Å². The van der Waals surface area contributed by atoms with Gasteiger partial charge in [-0.2, -0.15) is 0 Å². The molecular formula is C18H31AsN2O2. The van der Waals surface area contributed by atoms with E-state index in [-0.39, 0.29) is 12.3 Å². The van der Waals surface area contributed by atoms with Crippen molar-refractivity contribution >= 4 is 33.0 Å². The number of hydrogen-bond acceptors (Lipinski definition) is 3. The Morgan fingerprint density at radius 2 is 1.83 bits per heavy atom. The predicted molar refractivity (Wildman–Crippen MR) is 99.6 cm³/mol. The van der Waals surface area contributed by atoms with Crippen molar-refractivity contribution in [1.29, 1.82) is 0 Å². The van der Waals surface area contributed by atoms with Gasteiger partial charge in [-0.25, -0.2) is 0 Å². The molecule has 130 valence electrons. The van der Waals surface area contributed by atoms with Gasteiger partial charge in [-0.3, -0.25) is 0 Å². The fourth-order valence-electron chi connectivity index (χ4n) is 2.82. The fraction of sp³-hybridized carbons (Fsp3) is 0.667. The summed E-state index contributed by atoms with van der Waals surface area (Å²) < 4.78 is 1.19. The van der Waals surface area contributed by atoms with Gasteiger partial charge < -0.3 is 0 Å². The van der Waals surface area contributed by atoms with Crippen LogP contribution in [0.25, 0.3) is 0 Å². The predicted octanol–water partition coefficient (Wildman–Crippen LogP) is 2.43. The van der Waals surface area contributed by atoms with E-state index in [4.69, 9.17) is 10.1 Å². The molecule has 1 N–H and O–H groups in total. The van der Waals surface area contributed by atoms with Gasteiger partial charge in [0.1, 0.15) is 0 Å². The Morgan fingerprint density at radius 3 is 2.22 bits per heavy atom. The topological polar surface area (TPSA) is 53.4 Å². The first-order chi connectivity index (χ1) is 10.7. The second-order valence-electron chi connectivity index (χ2n) is 7.08. The molecular weight excluding hydrogens is 351 g/mol. The van der Waals surface area contributed by atoms with Gasteiger partial charge in [-0.1, -0.05) is 0 Å². The van der Waals surface area contributed by atoms with Crippen LogP contribution in [0.4, 0.5) is 5.82 Å². The van der Waals surface area contributed by atoms with Crippen molar-refractivity contribution in [1.82, 2.24) is 4.98 Å². The van der Waals surface area contributed by atoms with E-state index in [1.54, 1.807) is 16.9 Å². The summed E-state index contributed by atoms with van der Waals surface area (Å²) in [6, 6.07) is 2.15. The van der Waals surface area contributed by atoms with Crippen LogP contribution in [0.3, 0.4) is 0 Å². The van der Waals surface area contributed by atoms with E-state index < -0.39 is 5.97 Å². The molecule has 1 aromatic rings. The van der Waals surface area contributed by atoms with Crippen LogP contribution < -0.4 is 9.25 Å². The Balaban J connectivity index is 3.06. The molecule has 0 aliphatic carbocycles. The third-order valence-electron chi connectivity index (χ3n) is 3.77. The van der Waals surface area contributed by atoms with Gasteiger partial charge in [0.05, 0.1) is 0 Å². The van der Waals surface area contributed by atoms with E-state index in [0.717, 1.165) is 30.9 Å². The zero-order chi connectivity index (χ0) is 17.6. The molecule has 0 amide bonds. The first kappa shape index (κ1) is 20.0. The molecule has 0 radical (unpaired) electrons. The molecule has 1 rings (SSSR count). The normalized spacial score (nSPS) is 12.7. The third kappa shape index (κ3) is 6.54. The first-order valence-corrected chi connectivity index (χ1v) is 9.67. The molecule has 0 aromatic carbocycles. The molecule has 0 spiro atoms. The number of anilines is 1. The minimum absolute atomic E-state index is 0.0483. The molecule has 23 heavy (non-hydrogen) atoms. The van der Waals surface area contributed by atoms with Crippen molar-refractivity contribution < 1.29 is 9.90 Å². The zero-order valence-electron chi connectivity index (χ0n) is 15.0. The summed E-state index contributed by atoms with van der Waals surface area (Å²) in [6.45, 7) is 12.9. The number of pyridine rings is 1. The summed E-state index contributed by atoms with van der Waals surface area (Å²) in [4.78, 5) is 18.1. The van der Waals surface area contributed by atoms with Crippen molar-refractivity contribution in [3.63, 3.8) is 0 Å². The van der Waals surface area contributed by atoms with Gasteiger partial charge in [0.25, 0.3) is 0 Å². The van der Waals surface area contributed by atoms with E-state index in [1.165, 1.54) is 4.35 Å². The SMILES string of the molecule is CCC(CC(=O)O)c1cnc(N(CC(C)C)CC(C)C)c([AsH2])c1. The fourth-order valence-corrected chi connectivity index (χ4v) is 3.76. The Bertz CT molecular complexity index is 508. The number of carboxylic acid groups (broad SMARTS) is 1. The summed E-state index contributed by atoms with van der Waals surface area (Å²) in [5.74, 6) is 1.52. The van der Waals surface area contributed by atoms with Crippen molar-refractivity contribution in [3.05, 3.63) is 17.8 Å². The molecule has 5 heteroatoms. The maximum atomic E-state index is 11.0. The molecule has 0 saturated heterocycles. The number of hydrogen-bond donors (Lipinski definition) is 1. The third-order valence-corrected chi connectivity index (χ3v) is 4.66. The van der Waals surface area contributed by atoms with E-state index >= 15 is 0 Å². The van der Waals surface area contributed by atoms with Crippen LogP contribution in [0.5, 0.6) is 0 Å². The molecule has 0 fully saturated rings. The van der Waals surface area contributed by atoms with Gasteiger partial charge in [0.15, 0.2) is 0 Å². The minimum atomic E-state index is -0.745. The molecule has 0 saturated carbocycles. The Kier molecular flexibility index (Phi) is 8.11. The van der Waals surface area contributed by atoms with E-state index in [0.29, 0.717) is 11.8 Å². The van der Waals surface area contributed by atoms with Gasteiger partial charge in [0.2, 0.25) is 0 Å². The summed E-state index contributed by atoms with van der Waals surface area (Å²) >= 11 is 1.56. The summed E-state index contributed by atoms with van der Waals surface area (Å²) in [6.07, 6.45) is 2.87. The van der Waals surface area contributed by atoms with Crippen LogP contribution in [0.15, 0.2) is 12.3 Å². The monoisotopic (exact) mass is 382 g/mol. The summed E-state index contributed by atoms with van der Waals surface area (Å²) in [5, 5.41) is 9.06. The Labute approximate surface area is 149 Å². The molecule has 4 nitrogen and oxygen atoms in total. The zero-order valence-corrected chi connectivity index (χ0v) is 17.5. The number of carboxylic acids is 1. The summed E-state index contributed by atoms with van der Waals surface area (Å²) in [5.41, 5.74) is 1.05. The quantitative estimate of drug-likeness (QED) is 0.667. The second-order valence-corrected chi connectivity index (χ2v) is 8.38. The average molecular weight is 382 g/mol. The van der Waals surface area contributed by atoms with Crippen LogP contribution in [0.1, 0.15) is 58.9 Å². The molecule has 0 bridgehead atoms. The molecule has 1 aromatic heterocycles. The van der Waals surface area contributed by atoms with Crippen LogP contribution in [-0.2, 0) is 4.79 Å². The van der Waals surface area contributed by atoms with Crippen LogP contribution in [0, 0.1) is 11.8 Å². The van der Waals surface area contributed by atoms with Crippen molar-refractivity contribution in [2.75, 3.05) is 18.0 Å². The second kappa shape index (κ2) is 9.32. The molecule has 0 aliphatic rings. The Morgan fingerprint density at radius 1 is 1.26 bits per heavy atom. The van der Waals surface area contributed by atoms with Gasteiger partial charge in [-0.05, 0) is 0 Å². The number of nitrogens with zero attached hydrogens (tertiary/aromatic N) is 2. The van der Waals surface area contributed by atoms with Crippen LogP contribution >= 0.6 is 0 Å². The molecule has 0 aliphatic heterocycles. The van der Waals surface area contributed by atoms with E-state index in [9.17, 15) is 4.79 Å². The van der Waals surface area contributed by atoms with Crippen molar-refractivity contribution in [2.24, 2.45) is 11.8 Å². The van der Waals surface area contributed by atoms with Crippen LogP contribution in [0.2, 0.25) is 0 Å². The number of rotatable bonds is 9. The maximum absolute atomic E-state index is 11.0. The molecule has 2 atom stereocenters. The summed E-state index contributed by atoms with van der Waals surface area (Å²) in [7, 11) is 0. The van der Waals surface area contributed by atoms with Gasteiger partial charge >= 0.3 is 149 Å². The van der Waals surface area contributed by atoms with E-state index in [1.807, 2.05) is 13.1 Å². The standard InChI is InChI=1S/C18H31AsN2O2/c1-6-14(8-17(22)23)15-7-16(19)18(20-9-15)21(10-12(2)3)11-13(4)5/h7,9,12-14H,6,8,10-11,19H2,1-5H3,(H,22,23). The number of aromatic nitrogens is 1. The molecule has 1 heterocycles. The van der Waals surface area contributed by atoms with Crippen LogP contribution in [-0.4, -0.2) is 46.0 Å². The molecule has 2 unspecified atom stereocenters. The van der Waals surface area contributed by atoms with Crippen molar-refractivity contribution in [2.45, 2.75) is 53.4 Å². The van der Waals surface area contributed by atoms with E-state index in [2.05, 4.69) is 38.7 Å². The Hall–Kier alpha value is -1.02. The number of aliphatic carboxylic acids is 1. The van der Waals surface area contributed by atoms with Crippen molar-refractivity contribution in [3.8, 4) is 0 Å². The first-order valence-electron chi connectivity index (χ1n) is 8.46. The average Bonchev–Trinajstić information content (AvgIpc) is 2.42. The van der Waals surface area contributed by atoms with Gasteiger partial charge in [-0.15, -0.1) is 0 Å².